The molecule has 2 unspecified atom stereocenters. The van der Waals surface area contributed by atoms with E-state index in [4.69, 9.17) is 14.2 Å². The summed E-state index contributed by atoms with van der Waals surface area (Å²) in [6, 6.07) is 7.97. The second-order valence-corrected chi connectivity index (χ2v) is 8.42. The Morgan fingerprint density at radius 2 is 1.90 bits per heavy atom. The second-order valence-electron chi connectivity index (χ2n) is 7.51. The lowest BCUT2D eigenvalue weighted by Gasteiger charge is -2.31. The highest BCUT2D eigenvalue weighted by Crippen LogP contribution is 2.44. The highest BCUT2D eigenvalue weighted by molar-refractivity contribution is 7.17. The molecule has 1 aliphatic rings. The zero-order valence-corrected chi connectivity index (χ0v) is 18.7. The first kappa shape index (κ1) is 22.2. The Morgan fingerprint density at radius 3 is 2.60 bits per heavy atom. The molecule has 7 heteroatoms. The number of hydrogen-bond acceptors (Lipinski definition) is 7. The van der Waals surface area contributed by atoms with Crippen molar-refractivity contribution in [3.63, 3.8) is 0 Å². The Hall–Kier alpha value is -2.51. The maximum Gasteiger partial charge on any atom is 0.336 e. The van der Waals surface area contributed by atoms with Gasteiger partial charge < -0.3 is 14.2 Å². The van der Waals surface area contributed by atoms with Crippen molar-refractivity contribution in [2.45, 2.75) is 39.7 Å². The third-order valence-electron chi connectivity index (χ3n) is 5.02. The number of carbonyl (C=O) groups excluding carboxylic acids is 2. The maximum absolute atomic E-state index is 13.1. The van der Waals surface area contributed by atoms with Gasteiger partial charge in [-0.2, -0.15) is 0 Å². The Labute approximate surface area is 180 Å². The average Bonchev–Trinajstić information content (AvgIpc) is 3.10. The van der Waals surface area contributed by atoms with E-state index in [-0.39, 0.29) is 18.7 Å². The van der Waals surface area contributed by atoms with Gasteiger partial charge in [0.25, 0.3) is 0 Å². The monoisotopic (exact) mass is 429 g/mol. The molecule has 1 aromatic carbocycles. The van der Waals surface area contributed by atoms with Gasteiger partial charge >= 0.3 is 11.9 Å². The summed E-state index contributed by atoms with van der Waals surface area (Å²) < 4.78 is 17.1. The van der Waals surface area contributed by atoms with E-state index in [1.165, 1.54) is 0 Å². The lowest BCUT2D eigenvalue weighted by atomic mass is 9.75. The number of benzene rings is 1. The van der Waals surface area contributed by atoms with Gasteiger partial charge in [0, 0.05) is 29.1 Å². The number of carbonyl (C=O) groups is 2. The number of nitrogens with zero attached hydrogens (tertiary/aromatic N) is 1. The van der Waals surface area contributed by atoms with Crippen LogP contribution in [0.2, 0.25) is 0 Å². The Kier molecular flexibility index (Phi) is 7.05. The van der Waals surface area contributed by atoms with Crippen molar-refractivity contribution in [2.24, 2.45) is 10.9 Å². The van der Waals surface area contributed by atoms with Crippen molar-refractivity contribution in [3.05, 3.63) is 46.5 Å². The fourth-order valence-electron chi connectivity index (χ4n) is 3.78. The molecule has 6 nitrogen and oxygen atoms in total. The molecule has 0 fully saturated rings. The summed E-state index contributed by atoms with van der Waals surface area (Å²) in [6.07, 6.45) is -0.269. The molecule has 0 saturated carbocycles. The maximum atomic E-state index is 13.1. The Morgan fingerprint density at radius 1 is 1.17 bits per heavy atom. The van der Waals surface area contributed by atoms with E-state index in [0.29, 0.717) is 23.6 Å². The van der Waals surface area contributed by atoms with Gasteiger partial charge in [-0.1, -0.05) is 18.2 Å². The van der Waals surface area contributed by atoms with Crippen LogP contribution in [-0.4, -0.2) is 44.1 Å². The van der Waals surface area contributed by atoms with Crippen LogP contribution in [0.25, 0.3) is 10.1 Å². The van der Waals surface area contributed by atoms with Gasteiger partial charge in [-0.3, -0.25) is 9.79 Å². The van der Waals surface area contributed by atoms with Gasteiger partial charge in [0.05, 0.1) is 18.3 Å². The highest BCUT2D eigenvalue weighted by atomic mass is 32.1. The zero-order chi connectivity index (χ0) is 21.8. The summed E-state index contributed by atoms with van der Waals surface area (Å²) in [5.41, 5.74) is 2.50. The largest absolute Gasteiger partial charge is 0.462 e. The summed E-state index contributed by atoms with van der Waals surface area (Å²) in [4.78, 5) is 30.7. The number of ether oxygens (including phenoxy) is 3. The first-order chi connectivity index (χ1) is 14.3. The summed E-state index contributed by atoms with van der Waals surface area (Å²) in [5, 5.41) is 3.03. The normalized spacial score (nSPS) is 19.2. The van der Waals surface area contributed by atoms with Crippen molar-refractivity contribution in [1.82, 2.24) is 0 Å². The van der Waals surface area contributed by atoms with E-state index < -0.39 is 17.8 Å². The smallest absolute Gasteiger partial charge is 0.336 e. The summed E-state index contributed by atoms with van der Waals surface area (Å²) in [7, 11) is 1.55. The van der Waals surface area contributed by atoms with Crippen LogP contribution < -0.4 is 0 Å². The van der Waals surface area contributed by atoms with Crippen LogP contribution in [0.3, 0.4) is 0 Å². The number of hydrogen-bond donors (Lipinski definition) is 0. The number of rotatable bonds is 7. The molecule has 0 N–H and O–H groups in total. The second kappa shape index (κ2) is 9.53. The van der Waals surface area contributed by atoms with Crippen LogP contribution in [0.1, 0.15) is 39.2 Å². The van der Waals surface area contributed by atoms with Gasteiger partial charge in [-0.25, -0.2) is 4.79 Å². The van der Waals surface area contributed by atoms with Crippen molar-refractivity contribution in [1.29, 1.82) is 0 Å². The van der Waals surface area contributed by atoms with Gasteiger partial charge in [-0.05, 0) is 50.1 Å². The molecule has 3 rings (SSSR count). The first-order valence-electron chi connectivity index (χ1n) is 9.93. The van der Waals surface area contributed by atoms with E-state index >= 15 is 0 Å². The van der Waals surface area contributed by atoms with Gasteiger partial charge in [0.2, 0.25) is 0 Å². The molecule has 1 aliphatic heterocycles. The van der Waals surface area contributed by atoms with Crippen LogP contribution >= 0.6 is 11.3 Å². The molecule has 0 saturated heterocycles. The predicted molar refractivity (Wildman–Crippen MR) is 118 cm³/mol. The predicted octanol–water partition coefficient (Wildman–Crippen LogP) is 4.49. The van der Waals surface area contributed by atoms with Crippen LogP contribution in [0.5, 0.6) is 0 Å². The van der Waals surface area contributed by atoms with Crippen molar-refractivity contribution in [3.8, 4) is 0 Å². The van der Waals surface area contributed by atoms with Gasteiger partial charge in [0.1, 0.15) is 12.5 Å². The number of aliphatic imine (C=N–C) groups is 1. The third-order valence-corrected chi connectivity index (χ3v) is 6.00. The standard InChI is InChI=1S/C23H27NO5S/c1-13(2)29-23(26)20-15(4)24-14(3)19(22(25)28-11-10-27-5)21(20)17-12-30-18-9-7-6-8-16(17)18/h6-9,12-13,20-21H,10-11H2,1-5H3. The highest BCUT2D eigenvalue weighted by Gasteiger charge is 2.43. The van der Waals surface area contributed by atoms with Crippen LogP contribution in [0, 0.1) is 5.92 Å². The number of allylic oxidation sites excluding steroid dienone is 1. The molecule has 2 atom stereocenters. The molecule has 0 bridgehead atoms. The molecule has 0 radical (unpaired) electrons. The molecule has 2 heterocycles. The summed E-state index contributed by atoms with van der Waals surface area (Å²) in [5.74, 6) is -2.09. The summed E-state index contributed by atoms with van der Waals surface area (Å²) >= 11 is 1.59. The van der Waals surface area contributed by atoms with Crippen LogP contribution in [0.4, 0.5) is 0 Å². The third kappa shape index (κ3) is 4.47. The lowest BCUT2D eigenvalue weighted by Crippen LogP contribution is -2.37. The van der Waals surface area contributed by atoms with Crippen LogP contribution in [-0.2, 0) is 23.8 Å². The average molecular weight is 430 g/mol. The first-order valence-corrected chi connectivity index (χ1v) is 10.8. The van der Waals surface area contributed by atoms with E-state index in [9.17, 15) is 9.59 Å². The SMILES string of the molecule is COCCOC(=O)C1=C(C)N=C(C)C(C(=O)OC(C)C)C1c1csc2ccccc12. The number of thiophene rings is 1. The molecule has 0 spiro atoms. The zero-order valence-electron chi connectivity index (χ0n) is 17.9. The molecule has 160 valence electrons. The molecule has 2 aromatic rings. The molecular weight excluding hydrogens is 402 g/mol. The lowest BCUT2D eigenvalue weighted by molar-refractivity contribution is -0.150. The number of esters is 2. The van der Waals surface area contributed by atoms with E-state index in [2.05, 4.69) is 4.99 Å². The number of methoxy groups -OCH3 is 1. The van der Waals surface area contributed by atoms with Crippen molar-refractivity contribution < 1.29 is 23.8 Å². The van der Waals surface area contributed by atoms with Gasteiger partial charge in [-0.15, -0.1) is 11.3 Å². The van der Waals surface area contributed by atoms with E-state index in [1.807, 2.05) is 50.4 Å². The minimum atomic E-state index is -0.695. The molecule has 0 amide bonds. The topological polar surface area (TPSA) is 74.2 Å². The quantitative estimate of drug-likeness (QED) is 0.479. The Balaban J connectivity index is 2.13. The van der Waals surface area contributed by atoms with Crippen molar-refractivity contribution in [2.75, 3.05) is 20.3 Å². The molecular formula is C23H27NO5S. The minimum Gasteiger partial charge on any atom is -0.462 e. The van der Waals surface area contributed by atoms with Crippen LogP contribution in [0.15, 0.2) is 45.9 Å². The Bertz CT molecular complexity index is 1000. The van der Waals surface area contributed by atoms with Gasteiger partial charge in [0.15, 0.2) is 0 Å². The fraction of sp³-hybridized carbons (Fsp3) is 0.435. The summed E-state index contributed by atoms with van der Waals surface area (Å²) in [6.45, 7) is 7.64. The fourth-order valence-corrected chi connectivity index (χ4v) is 4.78. The minimum absolute atomic E-state index is 0.132. The molecule has 0 aliphatic carbocycles. The van der Waals surface area contributed by atoms with E-state index in [1.54, 1.807) is 25.4 Å². The molecule has 1 aromatic heterocycles. The molecule has 30 heavy (non-hydrogen) atoms. The van der Waals surface area contributed by atoms with Crippen molar-refractivity contribution >= 4 is 39.1 Å². The number of fused-ring (bicyclic) bond motifs is 1. The van der Waals surface area contributed by atoms with E-state index in [0.717, 1.165) is 15.6 Å².